The average Bonchev–Trinajstić information content (AvgIpc) is 3.16. The first-order valence-corrected chi connectivity index (χ1v) is 12.0. The first kappa shape index (κ1) is 21.8. The van der Waals surface area contributed by atoms with E-state index in [0.717, 1.165) is 11.3 Å². The van der Waals surface area contributed by atoms with Crippen LogP contribution in [0.5, 0.6) is 0 Å². The highest BCUT2D eigenvalue weighted by Gasteiger charge is 2.28. The van der Waals surface area contributed by atoms with Gasteiger partial charge in [-0.25, -0.2) is 8.42 Å². The summed E-state index contributed by atoms with van der Waals surface area (Å²) in [7, 11) is -3.87. The fraction of sp³-hybridized carbons (Fsp3) is 0.250. The van der Waals surface area contributed by atoms with E-state index in [4.69, 9.17) is 0 Å². The molecule has 1 aliphatic heterocycles. The average molecular weight is 474 g/mol. The topological polar surface area (TPSA) is 135 Å². The van der Waals surface area contributed by atoms with E-state index in [1.165, 1.54) is 18.2 Å². The summed E-state index contributed by atoms with van der Waals surface area (Å²) in [4.78, 5) is 25.6. The molecule has 0 spiro atoms. The highest BCUT2D eigenvalue weighted by atomic mass is 32.2. The number of fused-ring (bicyclic) bond motifs is 1. The molecule has 1 aromatic heterocycles. The van der Waals surface area contributed by atoms with Crippen molar-refractivity contribution in [3.8, 4) is 0 Å². The molecular weight excluding hydrogens is 454 g/mol. The third-order valence-corrected chi connectivity index (χ3v) is 7.43. The van der Waals surface area contributed by atoms with Crippen molar-refractivity contribution in [3.05, 3.63) is 68.2 Å². The Morgan fingerprint density at radius 1 is 1.22 bits per heavy atom. The number of carbonyl (C=O) groups is 1. The van der Waals surface area contributed by atoms with Crippen molar-refractivity contribution in [2.24, 2.45) is 0 Å². The minimum Gasteiger partial charge on any atom is -0.308 e. The maximum absolute atomic E-state index is 13.2. The van der Waals surface area contributed by atoms with Crippen molar-refractivity contribution in [1.82, 2.24) is 10.2 Å². The Morgan fingerprint density at radius 2 is 2.00 bits per heavy atom. The van der Waals surface area contributed by atoms with Gasteiger partial charge in [-0.05, 0) is 56.5 Å². The van der Waals surface area contributed by atoms with Gasteiger partial charge in [0, 0.05) is 29.4 Å². The number of anilines is 2. The van der Waals surface area contributed by atoms with Gasteiger partial charge in [0.1, 0.15) is 5.01 Å². The Hall–Kier alpha value is -3.38. The van der Waals surface area contributed by atoms with Crippen LogP contribution in [0.1, 0.15) is 32.9 Å². The van der Waals surface area contributed by atoms with E-state index in [1.54, 1.807) is 36.9 Å². The maximum Gasteiger partial charge on any atom is 0.273 e. The molecule has 12 heteroatoms. The number of nitrogens with one attached hydrogen (secondary N) is 1. The van der Waals surface area contributed by atoms with Crippen LogP contribution in [0.2, 0.25) is 0 Å². The molecule has 0 radical (unpaired) electrons. The zero-order valence-electron chi connectivity index (χ0n) is 17.2. The second kappa shape index (κ2) is 8.28. The number of hydrogen-bond acceptors (Lipinski definition) is 8. The molecule has 166 valence electrons. The van der Waals surface area contributed by atoms with Crippen molar-refractivity contribution in [1.29, 1.82) is 0 Å². The summed E-state index contributed by atoms with van der Waals surface area (Å²) >= 11 is 1.13. The van der Waals surface area contributed by atoms with Gasteiger partial charge in [0.2, 0.25) is 5.13 Å². The first-order chi connectivity index (χ1) is 15.2. The maximum atomic E-state index is 13.2. The van der Waals surface area contributed by atoms with Crippen LogP contribution in [-0.4, -0.2) is 36.0 Å². The largest absolute Gasteiger partial charge is 0.308 e. The molecule has 1 N–H and O–H groups in total. The van der Waals surface area contributed by atoms with Crippen molar-refractivity contribution in [2.75, 3.05) is 16.2 Å². The summed E-state index contributed by atoms with van der Waals surface area (Å²) in [5.74, 6) is -0.356. The number of carbonyl (C=O) groups excluding carboxylic acids is 1. The molecule has 0 unspecified atom stereocenters. The number of nitro benzene ring substituents is 1. The molecule has 4 rings (SSSR count). The van der Waals surface area contributed by atoms with Gasteiger partial charge in [-0.15, -0.1) is 10.2 Å². The minimum absolute atomic E-state index is 0.0601. The van der Waals surface area contributed by atoms with Crippen LogP contribution in [0, 0.1) is 24.0 Å². The van der Waals surface area contributed by atoms with Crippen LogP contribution in [0.25, 0.3) is 0 Å². The van der Waals surface area contributed by atoms with E-state index in [1.807, 2.05) is 0 Å². The van der Waals surface area contributed by atoms with Gasteiger partial charge in [0.25, 0.3) is 21.6 Å². The predicted molar refractivity (Wildman–Crippen MR) is 120 cm³/mol. The molecule has 0 fully saturated rings. The third-order valence-electron chi connectivity index (χ3n) is 5.21. The Balaban J connectivity index is 1.66. The summed E-state index contributed by atoms with van der Waals surface area (Å²) in [5.41, 5.74) is 1.73. The quantitative estimate of drug-likeness (QED) is 0.443. The zero-order valence-corrected chi connectivity index (χ0v) is 18.9. The van der Waals surface area contributed by atoms with E-state index in [9.17, 15) is 23.3 Å². The van der Waals surface area contributed by atoms with Crippen LogP contribution in [0.4, 0.5) is 16.5 Å². The number of benzene rings is 2. The van der Waals surface area contributed by atoms with Crippen molar-refractivity contribution in [3.63, 3.8) is 0 Å². The van der Waals surface area contributed by atoms with Crippen LogP contribution >= 0.6 is 11.3 Å². The van der Waals surface area contributed by atoms with Gasteiger partial charge in [-0.3, -0.25) is 19.6 Å². The minimum atomic E-state index is -3.87. The lowest BCUT2D eigenvalue weighted by Gasteiger charge is -2.30. The Bertz CT molecular complexity index is 1340. The summed E-state index contributed by atoms with van der Waals surface area (Å²) in [6.07, 6.45) is 1.24. The normalized spacial score (nSPS) is 13.5. The Morgan fingerprint density at radius 3 is 2.69 bits per heavy atom. The highest BCUT2D eigenvalue weighted by Crippen LogP contribution is 2.32. The second-order valence-corrected chi connectivity index (χ2v) is 10.2. The molecule has 1 amide bonds. The van der Waals surface area contributed by atoms with Crippen LogP contribution in [-0.2, 0) is 16.4 Å². The number of aryl methyl sites for hydroxylation is 2. The number of nitrogens with zero attached hydrogens (tertiary/aromatic N) is 4. The first-order valence-electron chi connectivity index (χ1n) is 9.69. The fourth-order valence-electron chi connectivity index (χ4n) is 3.66. The molecule has 0 aliphatic carbocycles. The lowest BCUT2D eigenvalue weighted by Crippen LogP contribution is -2.36. The van der Waals surface area contributed by atoms with Crippen molar-refractivity contribution in [2.45, 2.75) is 31.6 Å². The van der Waals surface area contributed by atoms with Crippen molar-refractivity contribution >= 4 is 43.8 Å². The molecule has 0 saturated heterocycles. The van der Waals surface area contributed by atoms with E-state index in [0.29, 0.717) is 41.2 Å². The fourth-order valence-corrected chi connectivity index (χ4v) is 5.53. The number of amides is 1. The van der Waals surface area contributed by atoms with Crippen LogP contribution < -0.4 is 9.62 Å². The number of hydrogen-bond donors (Lipinski definition) is 1. The number of sulfonamides is 1. The van der Waals surface area contributed by atoms with Gasteiger partial charge >= 0.3 is 0 Å². The molecule has 3 aromatic rings. The smallest absolute Gasteiger partial charge is 0.273 e. The molecule has 1 aliphatic rings. The summed E-state index contributed by atoms with van der Waals surface area (Å²) in [6, 6.07) is 8.98. The molecule has 0 atom stereocenters. The van der Waals surface area contributed by atoms with Gasteiger partial charge in [-0.2, -0.15) is 0 Å². The van der Waals surface area contributed by atoms with Gasteiger partial charge in [-0.1, -0.05) is 17.4 Å². The number of aromatic nitrogens is 2. The lowest BCUT2D eigenvalue weighted by molar-refractivity contribution is -0.385. The molecular formula is C20H19N5O5S2. The molecule has 10 nitrogen and oxygen atoms in total. The second-order valence-electron chi connectivity index (χ2n) is 7.29. The number of rotatable bonds is 5. The molecule has 0 saturated carbocycles. The summed E-state index contributed by atoms with van der Waals surface area (Å²) < 4.78 is 27.9. The van der Waals surface area contributed by atoms with Crippen LogP contribution in [0.3, 0.4) is 0 Å². The van der Waals surface area contributed by atoms with Crippen molar-refractivity contribution < 1.29 is 18.1 Å². The lowest BCUT2D eigenvalue weighted by atomic mass is 9.99. The Labute approximate surface area is 188 Å². The molecule has 2 heterocycles. The Kier molecular flexibility index (Phi) is 5.65. The van der Waals surface area contributed by atoms with E-state index in [2.05, 4.69) is 14.9 Å². The highest BCUT2D eigenvalue weighted by molar-refractivity contribution is 7.93. The summed E-state index contributed by atoms with van der Waals surface area (Å²) in [6.45, 7) is 3.71. The molecule has 2 aromatic carbocycles. The van der Waals surface area contributed by atoms with E-state index >= 15 is 0 Å². The third kappa shape index (κ3) is 4.06. The van der Waals surface area contributed by atoms with Gasteiger partial charge in [0.05, 0.1) is 9.82 Å². The molecule has 32 heavy (non-hydrogen) atoms. The standard InChI is InChI=1S/C20H19N5O5S2/c1-12-16(6-3-7-17(12)25(27)28)19(26)24-10-4-5-14-11-15(8-9-18(14)24)32(29,30)23-20-22-21-13(2)31-20/h3,6-9,11H,4-5,10H2,1-2H3,(H,22,23). The zero-order chi connectivity index (χ0) is 23.0. The summed E-state index contributed by atoms with van der Waals surface area (Å²) in [5, 5.41) is 19.7. The monoisotopic (exact) mass is 473 g/mol. The van der Waals surface area contributed by atoms with Crippen LogP contribution in [0.15, 0.2) is 41.3 Å². The SMILES string of the molecule is Cc1nnc(NS(=O)(=O)c2ccc3c(c2)CCCN3C(=O)c2cccc([N+](=O)[O-])c2C)s1. The predicted octanol–water partition coefficient (Wildman–Crippen LogP) is 3.46. The molecule has 0 bridgehead atoms. The van der Waals surface area contributed by atoms with E-state index in [-0.39, 0.29) is 27.2 Å². The van der Waals surface area contributed by atoms with Gasteiger partial charge in [0.15, 0.2) is 0 Å². The van der Waals surface area contributed by atoms with E-state index < -0.39 is 14.9 Å². The number of nitro groups is 1. The van der Waals surface area contributed by atoms with Gasteiger partial charge < -0.3 is 4.90 Å².